The second-order valence-corrected chi connectivity index (χ2v) is 7.73. The van der Waals surface area contributed by atoms with Gasteiger partial charge in [-0.1, -0.05) is 46.9 Å². The molecular formula is C16H15Cl3N2O2S. The van der Waals surface area contributed by atoms with Crippen LogP contribution < -0.4 is 4.90 Å². The van der Waals surface area contributed by atoms with E-state index in [0.717, 1.165) is 11.3 Å². The minimum Gasteiger partial charge on any atom is -0.361 e. The van der Waals surface area contributed by atoms with Crippen molar-refractivity contribution in [1.29, 1.82) is 0 Å². The largest absolute Gasteiger partial charge is 0.361 e. The first-order valence-electron chi connectivity index (χ1n) is 7.29. The Bertz CT molecular complexity index is 757. The minimum absolute atomic E-state index is 0.120. The van der Waals surface area contributed by atoms with E-state index >= 15 is 0 Å². The Labute approximate surface area is 158 Å². The molecule has 1 fully saturated rings. The number of hydrogen-bond acceptors (Lipinski definition) is 2. The summed E-state index contributed by atoms with van der Waals surface area (Å²) in [6.07, 6.45) is 0. The maximum Gasteiger partial charge on any atom is 0.234 e. The van der Waals surface area contributed by atoms with E-state index in [1.54, 1.807) is 12.1 Å². The van der Waals surface area contributed by atoms with Gasteiger partial charge in [0.2, 0.25) is 11.3 Å². The lowest BCUT2D eigenvalue weighted by Gasteiger charge is -2.41. The van der Waals surface area contributed by atoms with Crippen molar-refractivity contribution in [2.45, 2.75) is 6.04 Å². The van der Waals surface area contributed by atoms with Crippen molar-refractivity contribution in [2.24, 2.45) is 0 Å². The van der Waals surface area contributed by atoms with Crippen LogP contribution in [0.4, 0.5) is 5.69 Å². The number of benzene rings is 2. The van der Waals surface area contributed by atoms with Crippen LogP contribution in [0.3, 0.4) is 0 Å². The normalized spacial score (nSPS) is 20.2. The molecule has 1 N–H and O–H groups in total. The quantitative estimate of drug-likeness (QED) is 0.756. The summed E-state index contributed by atoms with van der Waals surface area (Å²) in [5, 5.41) is 1.77. The predicted octanol–water partition coefficient (Wildman–Crippen LogP) is 4.65. The summed E-state index contributed by atoms with van der Waals surface area (Å²) in [6.45, 7) is 1.44. The van der Waals surface area contributed by atoms with Gasteiger partial charge in [0, 0.05) is 29.7 Å². The van der Waals surface area contributed by atoms with Crippen LogP contribution >= 0.6 is 34.8 Å². The maximum atomic E-state index is 11.5. The molecule has 4 nitrogen and oxygen atoms in total. The van der Waals surface area contributed by atoms with Gasteiger partial charge in [-0.25, -0.2) is 4.21 Å². The Kier molecular flexibility index (Phi) is 5.70. The molecule has 0 spiro atoms. The molecule has 1 aliphatic heterocycles. The van der Waals surface area contributed by atoms with E-state index in [4.69, 9.17) is 34.8 Å². The van der Waals surface area contributed by atoms with E-state index in [1.807, 2.05) is 30.3 Å². The lowest BCUT2D eigenvalue weighted by molar-refractivity contribution is 0.328. The Hall–Kier alpha value is -0.820. The Balaban J connectivity index is 1.99. The van der Waals surface area contributed by atoms with E-state index in [0.29, 0.717) is 34.7 Å². The van der Waals surface area contributed by atoms with Crippen molar-refractivity contribution in [3.05, 3.63) is 63.1 Å². The highest BCUT2D eigenvalue weighted by Crippen LogP contribution is 2.36. The Morgan fingerprint density at radius 3 is 2.29 bits per heavy atom. The highest BCUT2D eigenvalue weighted by molar-refractivity contribution is 7.76. The first kappa shape index (κ1) is 18.0. The number of hydrogen-bond donors (Lipinski definition) is 1. The third kappa shape index (κ3) is 3.87. The van der Waals surface area contributed by atoms with Crippen molar-refractivity contribution in [3.63, 3.8) is 0 Å². The van der Waals surface area contributed by atoms with E-state index in [9.17, 15) is 8.76 Å². The molecule has 3 rings (SSSR count). The predicted molar refractivity (Wildman–Crippen MR) is 100 cm³/mol. The molecule has 8 heteroatoms. The first-order valence-corrected chi connectivity index (χ1v) is 9.48. The monoisotopic (exact) mass is 404 g/mol. The third-order valence-electron chi connectivity index (χ3n) is 4.04. The maximum absolute atomic E-state index is 11.5. The van der Waals surface area contributed by atoms with Gasteiger partial charge in [0.05, 0.1) is 16.8 Å². The van der Waals surface area contributed by atoms with Gasteiger partial charge in [-0.15, -0.1) is 0 Å². The van der Waals surface area contributed by atoms with Gasteiger partial charge in [-0.05, 0) is 35.9 Å². The van der Waals surface area contributed by atoms with Crippen LogP contribution in [-0.4, -0.2) is 32.7 Å². The molecule has 1 aliphatic rings. The SMILES string of the molecule is O=S(O)N1CCN(c2ccc(Cl)cc2Cl)C(c2ccc(Cl)cc2)C1. The smallest absolute Gasteiger partial charge is 0.234 e. The molecular weight excluding hydrogens is 391 g/mol. The van der Waals surface area contributed by atoms with Crippen LogP contribution in [0.25, 0.3) is 0 Å². The fraction of sp³-hybridized carbons (Fsp3) is 0.250. The second kappa shape index (κ2) is 7.60. The molecule has 2 atom stereocenters. The van der Waals surface area contributed by atoms with Crippen molar-refractivity contribution in [1.82, 2.24) is 4.31 Å². The van der Waals surface area contributed by atoms with Gasteiger partial charge in [0.15, 0.2) is 0 Å². The van der Waals surface area contributed by atoms with Gasteiger partial charge >= 0.3 is 0 Å². The topological polar surface area (TPSA) is 43.8 Å². The average molecular weight is 406 g/mol. The number of rotatable bonds is 3. The molecule has 0 amide bonds. The van der Waals surface area contributed by atoms with Crippen LogP contribution in [0.15, 0.2) is 42.5 Å². The third-order valence-corrected chi connectivity index (χ3v) is 5.60. The van der Waals surface area contributed by atoms with E-state index < -0.39 is 11.3 Å². The summed E-state index contributed by atoms with van der Waals surface area (Å²) in [7, 11) is 0. The van der Waals surface area contributed by atoms with E-state index in [1.165, 1.54) is 4.31 Å². The first-order chi connectivity index (χ1) is 11.5. The van der Waals surface area contributed by atoms with Crippen LogP contribution in [-0.2, 0) is 11.3 Å². The highest BCUT2D eigenvalue weighted by Gasteiger charge is 2.31. The number of anilines is 1. The molecule has 0 saturated carbocycles. The van der Waals surface area contributed by atoms with Crippen molar-refractivity contribution < 1.29 is 8.76 Å². The summed E-state index contributed by atoms with van der Waals surface area (Å²) < 4.78 is 22.5. The van der Waals surface area contributed by atoms with Gasteiger partial charge < -0.3 is 4.90 Å². The van der Waals surface area contributed by atoms with Crippen LogP contribution in [0, 0.1) is 0 Å². The molecule has 24 heavy (non-hydrogen) atoms. The lowest BCUT2D eigenvalue weighted by atomic mass is 10.0. The second-order valence-electron chi connectivity index (χ2n) is 5.48. The molecule has 1 saturated heterocycles. The number of piperazine rings is 1. The lowest BCUT2D eigenvalue weighted by Crippen LogP contribution is -2.49. The van der Waals surface area contributed by atoms with E-state index in [-0.39, 0.29) is 6.04 Å². The zero-order valence-corrected chi connectivity index (χ0v) is 15.6. The average Bonchev–Trinajstić information content (AvgIpc) is 2.55. The molecule has 0 bridgehead atoms. The van der Waals surface area contributed by atoms with E-state index in [2.05, 4.69) is 4.90 Å². The standard InChI is InChI=1S/C16H15Cl3N2O2S/c17-12-3-1-11(2-4-12)16-10-20(24(22)23)7-8-21(16)15-6-5-13(18)9-14(15)19/h1-6,9,16H,7-8,10H2,(H,22,23). The molecule has 1 heterocycles. The number of nitrogens with zero attached hydrogens (tertiary/aromatic N) is 2. The molecule has 128 valence electrons. The van der Waals surface area contributed by atoms with Crippen LogP contribution in [0.5, 0.6) is 0 Å². The summed E-state index contributed by atoms with van der Waals surface area (Å²) >= 11 is 16.3. The minimum atomic E-state index is -2.00. The van der Waals surface area contributed by atoms with Crippen LogP contribution in [0.2, 0.25) is 15.1 Å². The fourth-order valence-electron chi connectivity index (χ4n) is 2.87. The Morgan fingerprint density at radius 2 is 1.67 bits per heavy atom. The van der Waals surface area contributed by atoms with Gasteiger partial charge in [0.25, 0.3) is 0 Å². The Morgan fingerprint density at radius 1 is 1.00 bits per heavy atom. The number of halogens is 3. The summed E-state index contributed by atoms with van der Waals surface area (Å²) in [4.78, 5) is 2.13. The molecule has 0 aromatic heterocycles. The molecule has 0 aliphatic carbocycles. The summed E-state index contributed by atoms with van der Waals surface area (Å²) in [6, 6.07) is 12.7. The fourth-order valence-corrected chi connectivity index (χ4v) is 4.02. The van der Waals surface area contributed by atoms with Gasteiger partial charge in [-0.2, -0.15) is 4.31 Å². The summed E-state index contributed by atoms with van der Waals surface area (Å²) in [5.41, 5.74) is 1.85. The van der Waals surface area contributed by atoms with Crippen molar-refractivity contribution in [3.8, 4) is 0 Å². The van der Waals surface area contributed by atoms with Gasteiger partial charge in [0.1, 0.15) is 0 Å². The molecule has 2 aromatic rings. The van der Waals surface area contributed by atoms with Crippen LogP contribution in [0.1, 0.15) is 11.6 Å². The zero-order valence-electron chi connectivity index (χ0n) is 12.5. The van der Waals surface area contributed by atoms with Crippen molar-refractivity contribution >= 4 is 51.8 Å². The molecule has 2 aromatic carbocycles. The molecule has 2 unspecified atom stereocenters. The highest BCUT2D eigenvalue weighted by atomic mass is 35.5. The van der Waals surface area contributed by atoms with Gasteiger partial charge in [-0.3, -0.25) is 4.55 Å². The molecule has 0 radical (unpaired) electrons. The van der Waals surface area contributed by atoms with Crippen molar-refractivity contribution in [2.75, 3.05) is 24.5 Å². The zero-order chi connectivity index (χ0) is 17.3. The summed E-state index contributed by atoms with van der Waals surface area (Å²) in [5.74, 6) is 0.